The van der Waals surface area contributed by atoms with Crippen LogP contribution < -0.4 is 5.32 Å². The Balaban J connectivity index is 2.15. The molecule has 0 radical (unpaired) electrons. The van der Waals surface area contributed by atoms with Crippen LogP contribution in [0.25, 0.3) is 0 Å². The van der Waals surface area contributed by atoms with Crippen LogP contribution in [-0.4, -0.2) is 10.8 Å². The lowest BCUT2D eigenvalue weighted by atomic mass is 9.86. The van der Waals surface area contributed by atoms with Gasteiger partial charge in [0, 0.05) is 17.2 Å². The molecule has 0 aromatic heterocycles. The number of benzene rings is 2. The molecule has 0 saturated heterocycles. The van der Waals surface area contributed by atoms with Gasteiger partial charge in [-0.25, -0.2) is 0 Å². The Morgan fingerprint density at radius 3 is 2.24 bits per heavy atom. The average molecular weight is 340 g/mol. The van der Waals surface area contributed by atoms with E-state index in [0.717, 1.165) is 5.56 Å². The molecule has 0 unspecified atom stereocenters. The number of nitrogens with one attached hydrogen (secondary N) is 1. The van der Waals surface area contributed by atoms with Crippen LogP contribution in [0.4, 0.5) is 5.69 Å². The number of aryl methyl sites for hydroxylation is 1. The maximum atomic E-state index is 12.4. The number of rotatable bonds is 4. The lowest BCUT2D eigenvalue weighted by Crippen LogP contribution is -2.26. The summed E-state index contributed by atoms with van der Waals surface area (Å²) in [5.41, 5.74) is 3.07. The van der Waals surface area contributed by atoms with E-state index >= 15 is 0 Å². The Labute approximate surface area is 148 Å². The van der Waals surface area contributed by atoms with Crippen molar-refractivity contribution in [1.29, 1.82) is 0 Å². The van der Waals surface area contributed by atoms with Crippen molar-refractivity contribution in [2.24, 2.45) is 0 Å². The van der Waals surface area contributed by atoms with Crippen molar-refractivity contribution in [3.8, 4) is 0 Å². The molecule has 0 heterocycles. The Hall–Kier alpha value is -2.69. The molecule has 5 nitrogen and oxygen atoms in total. The van der Waals surface area contributed by atoms with Crippen LogP contribution >= 0.6 is 0 Å². The van der Waals surface area contributed by atoms with Crippen LogP contribution in [0, 0.1) is 17.0 Å². The third kappa shape index (κ3) is 4.44. The van der Waals surface area contributed by atoms with E-state index in [1.165, 1.54) is 11.6 Å². The largest absolute Gasteiger partial charge is 0.346 e. The number of nitro benzene ring substituents is 1. The van der Waals surface area contributed by atoms with E-state index in [1.807, 2.05) is 19.1 Å². The summed E-state index contributed by atoms with van der Waals surface area (Å²) in [6.45, 7) is 10.00. The molecule has 0 spiro atoms. The molecule has 2 rings (SSSR count). The van der Waals surface area contributed by atoms with Crippen molar-refractivity contribution in [3.05, 3.63) is 74.8 Å². The highest BCUT2D eigenvalue weighted by Crippen LogP contribution is 2.24. The molecule has 1 atom stereocenters. The zero-order valence-electron chi connectivity index (χ0n) is 15.3. The van der Waals surface area contributed by atoms with Gasteiger partial charge in [-0.15, -0.1) is 0 Å². The molecule has 0 bridgehead atoms. The maximum absolute atomic E-state index is 12.4. The van der Waals surface area contributed by atoms with Crippen molar-refractivity contribution in [2.75, 3.05) is 0 Å². The van der Waals surface area contributed by atoms with Crippen LogP contribution in [0.5, 0.6) is 0 Å². The molecule has 5 heteroatoms. The predicted octanol–water partition coefficient (Wildman–Crippen LogP) is 4.69. The van der Waals surface area contributed by atoms with Crippen molar-refractivity contribution in [1.82, 2.24) is 5.32 Å². The number of carbonyl (C=O) groups is 1. The van der Waals surface area contributed by atoms with Crippen LogP contribution in [-0.2, 0) is 5.41 Å². The average Bonchev–Trinajstić information content (AvgIpc) is 2.54. The van der Waals surface area contributed by atoms with Gasteiger partial charge in [0.1, 0.15) is 0 Å². The van der Waals surface area contributed by atoms with Gasteiger partial charge in [-0.05, 0) is 36.5 Å². The minimum Gasteiger partial charge on any atom is -0.346 e. The lowest BCUT2D eigenvalue weighted by molar-refractivity contribution is -0.385. The Bertz CT molecular complexity index is 790. The summed E-state index contributed by atoms with van der Waals surface area (Å²) < 4.78 is 0. The van der Waals surface area contributed by atoms with Crippen molar-refractivity contribution < 1.29 is 9.72 Å². The number of hydrogen-bond acceptors (Lipinski definition) is 3. The fourth-order valence-electron chi connectivity index (χ4n) is 2.58. The Morgan fingerprint density at radius 2 is 1.72 bits per heavy atom. The Morgan fingerprint density at radius 1 is 1.12 bits per heavy atom. The first-order valence-corrected chi connectivity index (χ1v) is 8.26. The van der Waals surface area contributed by atoms with Gasteiger partial charge >= 0.3 is 0 Å². The molecular weight excluding hydrogens is 316 g/mol. The highest BCUT2D eigenvalue weighted by atomic mass is 16.6. The first kappa shape index (κ1) is 18.6. The van der Waals surface area contributed by atoms with Crippen LogP contribution in [0.15, 0.2) is 42.5 Å². The SMILES string of the molecule is Cc1ccc(C(=O)N[C@H](C)c2ccc(C(C)(C)C)cc2)cc1[N+](=O)[O-]. The third-order valence-electron chi connectivity index (χ3n) is 4.29. The van der Waals surface area contributed by atoms with Gasteiger partial charge in [-0.1, -0.05) is 51.1 Å². The maximum Gasteiger partial charge on any atom is 0.273 e. The second-order valence-electron chi connectivity index (χ2n) is 7.33. The second-order valence-corrected chi connectivity index (χ2v) is 7.33. The summed E-state index contributed by atoms with van der Waals surface area (Å²) in [4.78, 5) is 23.0. The summed E-state index contributed by atoms with van der Waals surface area (Å²) in [6, 6.07) is 12.5. The normalized spacial score (nSPS) is 12.5. The summed E-state index contributed by atoms with van der Waals surface area (Å²) in [6.07, 6.45) is 0. The molecule has 25 heavy (non-hydrogen) atoms. The van der Waals surface area contributed by atoms with Crippen LogP contribution in [0.1, 0.15) is 60.8 Å². The van der Waals surface area contributed by atoms with E-state index in [-0.39, 0.29) is 28.6 Å². The highest BCUT2D eigenvalue weighted by Gasteiger charge is 2.18. The van der Waals surface area contributed by atoms with E-state index in [0.29, 0.717) is 5.56 Å². The van der Waals surface area contributed by atoms with E-state index in [9.17, 15) is 14.9 Å². The van der Waals surface area contributed by atoms with Crippen LogP contribution in [0.2, 0.25) is 0 Å². The first-order valence-electron chi connectivity index (χ1n) is 8.26. The van der Waals surface area contributed by atoms with Gasteiger partial charge in [0.15, 0.2) is 0 Å². The van der Waals surface area contributed by atoms with E-state index in [1.54, 1.807) is 19.1 Å². The van der Waals surface area contributed by atoms with Gasteiger partial charge in [0.05, 0.1) is 11.0 Å². The van der Waals surface area contributed by atoms with Gasteiger partial charge in [0.25, 0.3) is 11.6 Å². The minimum absolute atomic E-state index is 0.0465. The Kier molecular flexibility index (Phi) is 5.26. The van der Waals surface area contributed by atoms with Crippen molar-refractivity contribution in [3.63, 3.8) is 0 Å². The quantitative estimate of drug-likeness (QED) is 0.648. The van der Waals surface area contributed by atoms with Gasteiger partial charge in [0.2, 0.25) is 0 Å². The number of amides is 1. The molecule has 0 fully saturated rings. The van der Waals surface area contributed by atoms with Crippen LogP contribution in [0.3, 0.4) is 0 Å². The molecule has 0 aliphatic heterocycles. The second kappa shape index (κ2) is 7.05. The fraction of sp³-hybridized carbons (Fsp3) is 0.350. The molecule has 132 valence electrons. The lowest BCUT2D eigenvalue weighted by Gasteiger charge is -2.20. The van der Waals surface area contributed by atoms with Crippen molar-refractivity contribution >= 4 is 11.6 Å². The number of carbonyl (C=O) groups excluding carboxylic acids is 1. The third-order valence-corrected chi connectivity index (χ3v) is 4.29. The molecule has 0 aliphatic carbocycles. The smallest absolute Gasteiger partial charge is 0.273 e. The highest BCUT2D eigenvalue weighted by molar-refractivity contribution is 5.95. The molecule has 2 aromatic rings. The molecule has 0 saturated carbocycles. The number of nitro groups is 1. The summed E-state index contributed by atoms with van der Waals surface area (Å²) in [5.74, 6) is -0.324. The summed E-state index contributed by atoms with van der Waals surface area (Å²) in [5, 5.41) is 13.9. The molecule has 2 aromatic carbocycles. The number of hydrogen-bond donors (Lipinski definition) is 1. The minimum atomic E-state index is -0.471. The first-order chi connectivity index (χ1) is 11.6. The van der Waals surface area contributed by atoms with Crippen molar-refractivity contribution in [2.45, 2.75) is 46.1 Å². The molecule has 0 aliphatic rings. The molecular formula is C20H24N2O3. The predicted molar refractivity (Wildman–Crippen MR) is 98.9 cm³/mol. The fourth-order valence-corrected chi connectivity index (χ4v) is 2.58. The van der Waals surface area contributed by atoms with E-state index < -0.39 is 4.92 Å². The number of nitrogens with zero attached hydrogens (tertiary/aromatic N) is 1. The zero-order chi connectivity index (χ0) is 18.8. The standard InChI is InChI=1S/C20H24N2O3/c1-13-6-7-16(12-18(13)22(24)25)19(23)21-14(2)15-8-10-17(11-9-15)20(3,4)5/h6-12,14H,1-5H3,(H,21,23)/t14-/m1/s1. The van der Waals surface area contributed by atoms with E-state index in [2.05, 4.69) is 38.2 Å². The zero-order valence-corrected chi connectivity index (χ0v) is 15.3. The van der Waals surface area contributed by atoms with Gasteiger partial charge in [-0.3, -0.25) is 14.9 Å². The molecule has 1 amide bonds. The van der Waals surface area contributed by atoms with Gasteiger partial charge in [-0.2, -0.15) is 0 Å². The summed E-state index contributed by atoms with van der Waals surface area (Å²) in [7, 11) is 0. The molecule has 1 N–H and O–H groups in total. The van der Waals surface area contributed by atoms with Gasteiger partial charge < -0.3 is 5.32 Å². The summed E-state index contributed by atoms with van der Waals surface area (Å²) >= 11 is 0. The van der Waals surface area contributed by atoms with E-state index in [4.69, 9.17) is 0 Å². The topological polar surface area (TPSA) is 72.2 Å². The monoisotopic (exact) mass is 340 g/mol.